The summed E-state index contributed by atoms with van der Waals surface area (Å²) < 4.78 is 0. The highest BCUT2D eigenvalue weighted by Crippen LogP contribution is 2.47. The molecule has 2 nitrogen and oxygen atoms in total. The molecule has 2 heteroatoms. The molecule has 2 N–H and O–H groups in total. The van der Waals surface area contributed by atoms with Crippen LogP contribution in [0, 0.1) is 11.3 Å². The third kappa shape index (κ3) is 2.28. The normalized spacial score (nSPS) is 36.8. The lowest BCUT2D eigenvalue weighted by Crippen LogP contribution is -2.55. The molecule has 16 heavy (non-hydrogen) atoms. The van der Waals surface area contributed by atoms with E-state index >= 15 is 0 Å². The predicted molar refractivity (Wildman–Crippen MR) is 69.4 cm³/mol. The number of rotatable bonds is 2. The maximum Gasteiger partial charge on any atom is 0.0337 e. The Hall–Kier alpha value is -0.0800. The highest BCUT2D eigenvalue weighted by Gasteiger charge is 2.46. The lowest BCUT2D eigenvalue weighted by Gasteiger charge is -2.45. The second-order valence-electron chi connectivity index (χ2n) is 6.94. The van der Waals surface area contributed by atoms with Gasteiger partial charge in [0, 0.05) is 12.1 Å². The lowest BCUT2D eigenvalue weighted by atomic mass is 9.85. The summed E-state index contributed by atoms with van der Waals surface area (Å²) in [5.74, 6) is 0.917. The van der Waals surface area contributed by atoms with E-state index in [4.69, 9.17) is 5.73 Å². The number of hydrogen-bond donors (Lipinski definition) is 1. The fourth-order valence-corrected chi connectivity index (χ4v) is 3.69. The Balaban J connectivity index is 2.05. The Bertz CT molecular complexity index is 241. The maximum absolute atomic E-state index is 6.11. The van der Waals surface area contributed by atoms with Crippen LogP contribution in [0.1, 0.15) is 52.9 Å². The Morgan fingerprint density at radius 1 is 1.19 bits per heavy atom. The second-order valence-corrected chi connectivity index (χ2v) is 6.94. The summed E-state index contributed by atoms with van der Waals surface area (Å²) in [7, 11) is 0. The molecule has 0 amide bonds. The zero-order chi connectivity index (χ0) is 11.8. The summed E-state index contributed by atoms with van der Waals surface area (Å²) in [5.41, 5.74) is 6.95. The molecule has 1 saturated carbocycles. The number of nitrogens with two attached hydrogens (primary N) is 1. The Labute approximate surface area is 101 Å². The standard InChI is InChI=1S/C14H28N2/c1-12-4-8-16(9-5-12)14(11-15)7-6-13(2,3)10-14/h12H,4-11,15H2,1-3H3. The molecule has 1 heterocycles. The van der Waals surface area contributed by atoms with Gasteiger partial charge >= 0.3 is 0 Å². The summed E-state index contributed by atoms with van der Waals surface area (Å²) in [6.45, 7) is 10.6. The first kappa shape index (κ1) is 12.4. The molecule has 1 saturated heterocycles. The SMILES string of the molecule is CC1CCN(C2(CN)CCC(C)(C)C2)CC1. The highest BCUT2D eigenvalue weighted by atomic mass is 15.2. The molecule has 1 aliphatic carbocycles. The van der Waals surface area contributed by atoms with Gasteiger partial charge in [-0.2, -0.15) is 0 Å². The number of piperidine rings is 1. The van der Waals surface area contributed by atoms with E-state index in [1.165, 1.54) is 45.2 Å². The monoisotopic (exact) mass is 224 g/mol. The quantitative estimate of drug-likeness (QED) is 0.781. The van der Waals surface area contributed by atoms with E-state index in [1.54, 1.807) is 0 Å². The van der Waals surface area contributed by atoms with E-state index < -0.39 is 0 Å². The van der Waals surface area contributed by atoms with Crippen molar-refractivity contribution in [3.63, 3.8) is 0 Å². The fraction of sp³-hybridized carbons (Fsp3) is 1.00. The van der Waals surface area contributed by atoms with E-state index in [2.05, 4.69) is 25.7 Å². The fourth-order valence-electron chi connectivity index (χ4n) is 3.69. The van der Waals surface area contributed by atoms with Gasteiger partial charge in [0.15, 0.2) is 0 Å². The molecule has 0 aromatic carbocycles. The predicted octanol–water partition coefficient (Wildman–Crippen LogP) is 2.63. The lowest BCUT2D eigenvalue weighted by molar-refractivity contribution is 0.0545. The first-order valence-corrected chi connectivity index (χ1v) is 6.93. The van der Waals surface area contributed by atoms with Gasteiger partial charge in [-0.1, -0.05) is 20.8 Å². The van der Waals surface area contributed by atoms with Crippen molar-refractivity contribution in [2.24, 2.45) is 17.1 Å². The third-order valence-corrected chi connectivity index (χ3v) is 4.91. The second kappa shape index (κ2) is 4.30. The van der Waals surface area contributed by atoms with Gasteiger partial charge in [-0.3, -0.25) is 4.90 Å². The Morgan fingerprint density at radius 2 is 1.81 bits per heavy atom. The van der Waals surface area contributed by atoms with Gasteiger partial charge in [-0.05, 0) is 56.5 Å². The minimum Gasteiger partial charge on any atom is -0.329 e. The Morgan fingerprint density at radius 3 is 2.25 bits per heavy atom. The molecule has 2 aliphatic rings. The maximum atomic E-state index is 6.11. The van der Waals surface area contributed by atoms with E-state index in [0.717, 1.165) is 12.5 Å². The van der Waals surface area contributed by atoms with Crippen LogP contribution in [0.5, 0.6) is 0 Å². The molecule has 1 unspecified atom stereocenters. The summed E-state index contributed by atoms with van der Waals surface area (Å²) in [6, 6.07) is 0. The van der Waals surface area contributed by atoms with Crippen LogP contribution in [-0.2, 0) is 0 Å². The van der Waals surface area contributed by atoms with Crippen molar-refractivity contribution in [2.45, 2.75) is 58.4 Å². The molecule has 0 bridgehead atoms. The number of hydrogen-bond acceptors (Lipinski definition) is 2. The van der Waals surface area contributed by atoms with Gasteiger partial charge in [-0.15, -0.1) is 0 Å². The van der Waals surface area contributed by atoms with Crippen LogP contribution < -0.4 is 5.73 Å². The minimum absolute atomic E-state index is 0.337. The molecule has 0 aromatic rings. The van der Waals surface area contributed by atoms with E-state index in [-0.39, 0.29) is 0 Å². The van der Waals surface area contributed by atoms with Crippen molar-refractivity contribution >= 4 is 0 Å². The smallest absolute Gasteiger partial charge is 0.0337 e. The molecule has 0 aromatic heterocycles. The summed E-state index contributed by atoms with van der Waals surface area (Å²) in [5, 5.41) is 0. The summed E-state index contributed by atoms with van der Waals surface area (Å²) >= 11 is 0. The van der Waals surface area contributed by atoms with Crippen molar-refractivity contribution in [3.05, 3.63) is 0 Å². The molecule has 2 rings (SSSR count). The van der Waals surface area contributed by atoms with Crippen LogP contribution in [0.25, 0.3) is 0 Å². The molecule has 2 fully saturated rings. The van der Waals surface area contributed by atoms with Gasteiger partial charge in [-0.25, -0.2) is 0 Å². The van der Waals surface area contributed by atoms with Crippen molar-refractivity contribution in [2.75, 3.05) is 19.6 Å². The first-order chi connectivity index (χ1) is 7.47. The first-order valence-electron chi connectivity index (χ1n) is 6.93. The van der Waals surface area contributed by atoms with Crippen molar-refractivity contribution in [1.29, 1.82) is 0 Å². The van der Waals surface area contributed by atoms with E-state index in [9.17, 15) is 0 Å². The highest BCUT2D eigenvalue weighted by molar-refractivity contribution is 5.02. The van der Waals surface area contributed by atoms with E-state index in [1.807, 2.05) is 0 Å². The van der Waals surface area contributed by atoms with Crippen molar-refractivity contribution in [3.8, 4) is 0 Å². The zero-order valence-corrected chi connectivity index (χ0v) is 11.3. The van der Waals surface area contributed by atoms with Crippen LogP contribution >= 0.6 is 0 Å². The molecule has 0 radical (unpaired) electrons. The molecule has 0 spiro atoms. The van der Waals surface area contributed by atoms with Gasteiger partial charge in [0.1, 0.15) is 0 Å². The minimum atomic E-state index is 0.337. The van der Waals surface area contributed by atoms with Gasteiger partial charge in [0.05, 0.1) is 0 Å². The van der Waals surface area contributed by atoms with Crippen LogP contribution in [-0.4, -0.2) is 30.1 Å². The zero-order valence-electron chi connectivity index (χ0n) is 11.3. The molecule has 1 aliphatic heterocycles. The molecular formula is C14H28N2. The average molecular weight is 224 g/mol. The van der Waals surface area contributed by atoms with Crippen LogP contribution in [0.2, 0.25) is 0 Å². The van der Waals surface area contributed by atoms with Crippen molar-refractivity contribution < 1.29 is 0 Å². The van der Waals surface area contributed by atoms with Gasteiger partial charge in [0.25, 0.3) is 0 Å². The number of nitrogens with zero attached hydrogens (tertiary/aromatic N) is 1. The molecule has 1 atom stereocenters. The largest absolute Gasteiger partial charge is 0.329 e. The number of likely N-dealkylation sites (tertiary alicyclic amines) is 1. The van der Waals surface area contributed by atoms with E-state index in [0.29, 0.717) is 11.0 Å². The molecule has 94 valence electrons. The average Bonchev–Trinajstić information content (AvgIpc) is 2.57. The third-order valence-electron chi connectivity index (χ3n) is 4.91. The van der Waals surface area contributed by atoms with Crippen LogP contribution in [0.15, 0.2) is 0 Å². The molecular weight excluding hydrogens is 196 g/mol. The Kier molecular flexibility index (Phi) is 3.33. The van der Waals surface area contributed by atoms with Gasteiger partial charge < -0.3 is 5.73 Å². The summed E-state index contributed by atoms with van der Waals surface area (Å²) in [6.07, 6.45) is 6.68. The van der Waals surface area contributed by atoms with Crippen LogP contribution in [0.4, 0.5) is 0 Å². The van der Waals surface area contributed by atoms with Gasteiger partial charge in [0.2, 0.25) is 0 Å². The topological polar surface area (TPSA) is 29.3 Å². The summed E-state index contributed by atoms with van der Waals surface area (Å²) in [4.78, 5) is 2.71. The van der Waals surface area contributed by atoms with Crippen LogP contribution in [0.3, 0.4) is 0 Å². The van der Waals surface area contributed by atoms with Crippen molar-refractivity contribution in [1.82, 2.24) is 4.90 Å².